The number of rotatable bonds is 8. The molecule has 31 heavy (non-hydrogen) atoms. The Labute approximate surface area is 185 Å². The van der Waals surface area contributed by atoms with Crippen molar-refractivity contribution in [1.82, 2.24) is 15.1 Å². The number of aryl methyl sites for hydroxylation is 2. The van der Waals surface area contributed by atoms with Crippen LogP contribution in [0.5, 0.6) is 0 Å². The summed E-state index contributed by atoms with van der Waals surface area (Å²) >= 11 is 0. The van der Waals surface area contributed by atoms with E-state index in [1.165, 1.54) is 12.1 Å². The second-order valence-electron chi connectivity index (χ2n) is 8.20. The Kier molecular flexibility index (Phi) is 7.69. The average Bonchev–Trinajstić information content (AvgIpc) is 2.74. The molecule has 168 valence electrons. The smallest absolute Gasteiger partial charge is 0.261 e. The van der Waals surface area contributed by atoms with E-state index in [9.17, 15) is 13.2 Å². The van der Waals surface area contributed by atoms with Gasteiger partial charge in [0.15, 0.2) is 0 Å². The number of sulfonamides is 1. The minimum atomic E-state index is -3.78. The Hall–Kier alpha value is -2.42. The fourth-order valence-corrected chi connectivity index (χ4v) is 4.60. The molecular weight excluding hydrogens is 412 g/mol. The van der Waals surface area contributed by atoms with Gasteiger partial charge in [-0.1, -0.05) is 23.8 Å². The average molecular weight is 445 g/mol. The number of carbonyl (C=O) groups is 1. The van der Waals surface area contributed by atoms with Gasteiger partial charge >= 0.3 is 0 Å². The zero-order valence-electron chi connectivity index (χ0n) is 18.5. The maximum atomic E-state index is 12.8. The van der Waals surface area contributed by atoms with Crippen molar-refractivity contribution in [2.75, 3.05) is 51.0 Å². The molecule has 2 N–H and O–H groups in total. The number of nitrogens with one attached hydrogen (secondary N) is 2. The van der Waals surface area contributed by atoms with Crippen LogP contribution in [-0.4, -0.2) is 70.4 Å². The normalized spacial score (nSPS) is 15.6. The largest absolute Gasteiger partial charge is 0.352 e. The number of hydrogen-bond donors (Lipinski definition) is 2. The zero-order valence-corrected chi connectivity index (χ0v) is 19.3. The van der Waals surface area contributed by atoms with E-state index in [2.05, 4.69) is 26.9 Å². The molecule has 0 aliphatic carbocycles. The number of piperazine rings is 1. The topological polar surface area (TPSA) is 81.7 Å². The van der Waals surface area contributed by atoms with Gasteiger partial charge in [-0.2, -0.15) is 0 Å². The molecule has 0 atom stereocenters. The van der Waals surface area contributed by atoms with Crippen LogP contribution in [0.3, 0.4) is 0 Å². The summed E-state index contributed by atoms with van der Waals surface area (Å²) in [6, 6.07) is 11.8. The Morgan fingerprint density at radius 3 is 2.35 bits per heavy atom. The van der Waals surface area contributed by atoms with Gasteiger partial charge in [0, 0.05) is 44.0 Å². The number of carbonyl (C=O) groups excluding carboxylic acids is 1. The molecule has 1 aliphatic heterocycles. The molecule has 0 aromatic heterocycles. The van der Waals surface area contributed by atoms with Crippen molar-refractivity contribution in [2.45, 2.75) is 25.2 Å². The van der Waals surface area contributed by atoms with E-state index < -0.39 is 10.0 Å². The first-order valence-corrected chi connectivity index (χ1v) is 12.1. The van der Waals surface area contributed by atoms with E-state index in [1.54, 1.807) is 18.2 Å². The van der Waals surface area contributed by atoms with Gasteiger partial charge in [-0.05, 0) is 63.7 Å². The maximum Gasteiger partial charge on any atom is 0.261 e. The molecule has 2 aromatic rings. The number of amides is 1. The summed E-state index contributed by atoms with van der Waals surface area (Å²) in [6.07, 6.45) is 0.863. The van der Waals surface area contributed by atoms with Gasteiger partial charge in [-0.3, -0.25) is 9.52 Å². The highest BCUT2D eigenvalue weighted by molar-refractivity contribution is 7.92. The first-order chi connectivity index (χ1) is 14.7. The molecule has 0 radical (unpaired) electrons. The van der Waals surface area contributed by atoms with Gasteiger partial charge in [0.2, 0.25) is 0 Å². The van der Waals surface area contributed by atoms with Crippen LogP contribution in [0.2, 0.25) is 0 Å². The molecule has 7 nitrogen and oxygen atoms in total. The summed E-state index contributed by atoms with van der Waals surface area (Å²) in [6.45, 7) is 9.50. The van der Waals surface area contributed by atoms with E-state index in [4.69, 9.17) is 0 Å². The molecule has 8 heteroatoms. The molecule has 0 bridgehead atoms. The molecule has 2 aromatic carbocycles. The third-order valence-corrected chi connectivity index (χ3v) is 6.98. The van der Waals surface area contributed by atoms with Crippen LogP contribution >= 0.6 is 0 Å². The lowest BCUT2D eigenvalue weighted by molar-refractivity contribution is 0.0948. The predicted molar refractivity (Wildman–Crippen MR) is 124 cm³/mol. The lowest BCUT2D eigenvalue weighted by atomic mass is 10.1. The van der Waals surface area contributed by atoms with Crippen LogP contribution in [0.1, 0.15) is 27.9 Å². The van der Waals surface area contributed by atoms with Crippen LogP contribution in [0, 0.1) is 13.8 Å². The fourth-order valence-electron chi connectivity index (χ4n) is 3.52. The first-order valence-electron chi connectivity index (χ1n) is 10.6. The molecule has 0 spiro atoms. The van der Waals surface area contributed by atoms with E-state index in [1.807, 2.05) is 26.0 Å². The second-order valence-corrected chi connectivity index (χ2v) is 9.89. The van der Waals surface area contributed by atoms with Gasteiger partial charge in [0.25, 0.3) is 15.9 Å². The molecule has 1 saturated heterocycles. The number of nitrogens with zero attached hydrogens (tertiary/aromatic N) is 2. The fraction of sp³-hybridized carbons (Fsp3) is 0.435. The van der Waals surface area contributed by atoms with E-state index in [0.29, 0.717) is 17.8 Å². The standard InChI is InChI=1S/C23H32N4O3S/c1-18-5-8-20(9-6-18)25-31(29,30)21-10-7-19(2)22(17-21)23(28)24-11-4-12-27-15-13-26(3)14-16-27/h5-10,17,25H,4,11-16H2,1-3H3,(H,24,28). The summed E-state index contributed by atoms with van der Waals surface area (Å²) in [7, 11) is -1.65. The number of likely N-dealkylation sites (N-methyl/N-ethyl adjacent to an activating group) is 1. The van der Waals surface area contributed by atoms with E-state index >= 15 is 0 Å². The van der Waals surface area contributed by atoms with Crippen molar-refractivity contribution < 1.29 is 13.2 Å². The second kappa shape index (κ2) is 10.3. The first kappa shape index (κ1) is 23.2. The number of benzene rings is 2. The molecule has 1 heterocycles. The molecule has 3 rings (SSSR count). The van der Waals surface area contributed by atoms with Crippen LogP contribution in [-0.2, 0) is 10.0 Å². The SMILES string of the molecule is Cc1ccc(NS(=O)(=O)c2ccc(C)c(C(=O)NCCCN3CCN(C)CC3)c2)cc1. The van der Waals surface area contributed by atoms with Gasteiger partial charge in [0.05, 0.1) is 4.90 Å². The molecule has 1 amide bonds. The van der Waals surface area contributed by atoms with Crippen LogP contribution in [0.15, 0.2) is 47.4 Å². The molecular formula is C23H32N4O3S. The van der Waals surface area contributed by atoms with Crippen molar-refractivity contribution in [1.29, 1.82) is 0 Å². The molecule has 0 saturated carbocycles. The Morgan fingerprint density at radius 1 is 1.00 bits per heavy atom. The lowest BCUT2D eigenvalue weighted by Gasteiger charge is -2.32. The van der Waals surface area contributed by atoms with Gasteiger partial charge in [-0.15, -0.1) is 0 Å². The third kappa shape index (κ3) is 6.53. The summed E-state index contributed by atoms with van der Waals surface area (Å²) in [4.78, 5) is 17.5. The minimum absolute atomic E-state index is 0.0706. The van der Waals surface area contributed by atoms with E-state index in [-0.39, 0.29) is 10.8 Å². The van der Waals surface area contributed by atoms with Gasteiger partial charge in [0.1, 0.15) is 0 Å². The quantitative estimate of drug-likeness (QED) is 0.612. The monoisotopic (exact) mass is 444 g/mol. The Balaban J connectivity index is 1.59. The van der Waals surface area contributed by atoms with Crippen LogP contribution in [0.25, 0.3) is 0 Å². The van der Waals surface area contributed by atoms with E-state index in [0.717, 1.165) is 50.3 Å². The maximum absolute atomic E-state index is 12.8. The summed E-state index contributed by atoms with van der Waals surface area (Å²) in [5, 5.41) is 2.93. The predicted octanol–water partition coefficient (Wildman–Crippen LogP) is 2.47. The van der Waals surface area contributed by atoms with Gasteiger partial charge < -0.3 is 15.1 Å². The van der Waals surface area contributed by atoms with Crippen molar-refractivity contribution >= 4 is 21.6 Å². The zero-order chi connectivity index (χ0) is 22.4. The summed E-state index contributed by atoms with van der Waals surface area (Å²) in [5.41, 5.74) is 2.66. The lowest BCUT2D eigenvalue weighted by Crippen LogP contribution is -2.45. The van der Waals surface area contributed by atoms with Crippen LogP contribution < -0.4 is 10.0 Å². The number of hydrogen-bond acceptors (Lipinski definition) is 5. The molecule has 1 fully saturated rings. The summed E-state index contributed by atoms with van der Waals surface area (Å²) in [5.74, 6) is -0.247. The highest BCUT2D eigenvalue weighted by Crippen LogP contribution is 2.20. The highest BCUT2D eigenvalue weighted by atomic mass is 32.2. The number of anilines is 1. The Morgan fingerprint density at radius 2 is 1.68 bits per heavy atom. The van der Waals surface area contributed by atoms with Crippen molar-refractivity contribution in [3.8, 4) is 0 Å². The van der Waals surface area contributed by atoms with Crippen LogP contribution in [0.4, 0.5) is 5.69 Å². The third-order valence-electron chi connectivity index (χ3n) is 5.60. The van der Waals surface area contributed by atoms with Crippen molar-refractivity contribution in [2.24, 2.45) is 0 Å². The minimum Gasteiger partial charge on any atom is -0.352 e. The molecule has 0 unspecified atom stereocenters. The Bertz CT molecular complexity index is 998. The van der Waals surface area contributed by atoms with Gasteiger partial charge in [-0.25, -0.2) is 8.42 Å². The van der Waals surface area contributed by atoms with Crippen molar-refractivity contribution in [3.63, 3.8) is 0 Å². The highest BCUT2D eigenvalue weighted by Gasteiger charge is 2.18. The summed E-state index contributed by atoms with van der Waals surface area (Å²) < 4.78 is 28.1. The molecule has 1 aliphatic rings. The van der Waals surface area contributed by atoms with Crippen molar-refractivity contribution in [3.05, 3.63) is 59.2 Å².